The summed E-state index contributed by atoms with van der Waals surface area (Å²) in [6.45, 7) is 3.88. The second-order valence-corrected chi connectivity index (χ2v) is 8.11. The van der Waals surface area contributed by atoms with Crippen LogP contribution in [0.2, 0.25) is 0 Å². The van der Waals surface area contributed by atoms with Gasteiger partial charge in [-0.15, -0.1) is 11.3 Å². The number of piperidine rings is 1. The second-order valence-electron chi connectivity index (χ2n) is 5.17. The van der Waals surface area contributed by atoms with E-state index in [0.29, 0.717) is 5.92 Å². The molecule has 0 saturated carbocycles. The van der Waals surface area contributed by atoms with Crippen LogP contribution >= 0.6 is 11.3 Å². The van der Waals surface area contributed by atoms with Crippen LogP contribution in [0.4, 0.5) is 0 Å². The molecule has 1 saturated heterocycles. The van der Waals surface area contributed by atoms with Crippen LogP contribution in [0, 0.1) is 5.92 Å². The number of nitrogens with zero attached hydrogens (tertiary/aromatic N) is 1. The lowest BCUT2D eigenvalue weighted by atomic mass is 10.0. The summed E-state index contributed by atoms with van der Waals surface area (Å²) in [7, 11) is -3.46. The Bertz CT molecular complexity index is 540. The van der Waals surface area contributed by atoms with Crippen LogP contribution in [0.1, 0.15) is 26.2 Å². The van der Waals surface area contributed by atoms with Crippen molar-refractivity contribution in [3.8, 4) is 0 Å². The highest BCUT2D eigenvalue weighted by molar-refractivity contribution is 7.91. The average molecular weight is 316 g/mol. The fourth-order valence-electron chi connectivity index (χ4n) is 2.35. The maximum Gasteiger partial charge on any atom is 0.250 e. The fourth-order valence-corrected chi connectivity index (χ4v) is 4.42. The van der Waals surface area contributed by atoms with Gasteiger partial charge in [-0.1, -0.05) is 13.0 Å². The summed E-state index contributed by atoms with van der Waals surface area (Å²) >= 11 is 1.17. The van der Waals surface area contributed by atoms with Gasteiger partial charge in [0.15, 0.2) is 0 Å². The molecule has 1 amide bonds. The van der Waals surface area contributed by atoms with Crippen LogP contribution in [0.3, 0.4) is 0 Å². The summed E-state index contributed by atoms with van der Waals surface area (Å²) in [6, 6.07) is 3.25. The Labute approximate surface area is 124 Å². The number of amides is 1. The van der Waals surface area contributed by atoms with Gasteiger partial charge in [0, 0.05) is 26.1 Å². The fraction of sp³-hybridized carbons (Fsp3) is 0.615. The maximum absolute atomic E-state index is 12.0. The largest absolute Gasteiger partial charge is 0.342 e. The van der Waals surface area contributed by atoms with Gasteiger partial charge in [0.2, 0.25) is 15.9 Å². The van der Waals surface area contributed by atoms with E-state index < -0.39 is 10.0 Å². The molecule has 2 heterocycles. The minimum absolute atomic E-state index is 0.0328. The Hall–Kier alpha value is -0.920. The zero-order valence-corrected chi connectivity index (χ0v) is 13.2. The van der Waals surface area contributed by atoms with Crippen molar-refractivity contribution in [2.24, 2.45) is 5.92 Å². The van der Waals surface area contributed by atoms with E-state index >= 15 is 0 Å². The van der Waals surface area contributed by atoms with Gasteiger partial charge in [0.05, 0.1) is 0 Å². The summed E-state index contributed by atoms with van der Waals surface area (Å²) < 4.78 is 26.5. The third-order valence-corrected chi connectivity index (χ3v) is 6.26. The van der Waals surface area contributed by atoms with Crippen LogP contribution in [-0.2, 0) is 14.8 Å². The Morgan fingerprint density at radius 1 is 1.55 bits per heavy atom. The number of thiophene rings is 1. The number of carbonyl (C=O) groups excluding carboxylic acids is 1. The minimum atomic E-state index is -3.46. The van der Waals surface area contributed by atoms with Gasteiger partial charge in [0.1, 0.15) is 4.21 Å². The third-order valence-electron chi connectivity index (χ3n) is 3.40. The number of sulfonamides is 1. The van der Waals surface area contributed by atoms with Crippen molar-refractivity contribution in [3.05, 3.63) is 17.5 Å². The van der Waals surface area contributed by atoms with Crippen LogP contribution in [0.15, 0.2) is 21.7 Å². The zero-order valence-electron chi connectivity index (χ0n) is 11.5. The highest BCUT2D eigenvalue weighted by Crippen LogP contribution is 2.17. The first-order valence-electron chi connectivity index (χ1n) is 6.80. The molecule has 1 aliphatic heterocycles. The predicted molar refractivity (Wildman–Crippen MR) is 79.1 cm³/mol. The summed E-state index contributed by atoms with van der Waals surface area (Å²) in [5, 5.41) is 1.72. The van der Waals surface area contributed by atoms with Crippen LogP contribution in [0.25, 0.3) is 0 Å². The molecular weight excluding hydrogens is 296 g/mol. The van der Waals surface area contributed by atoms with Crippen LogP contribution in [-0.4, -0.2) is 38.9 Å². The number of carbonyl (C=O) groups is 1. The van der Waals surface area contributed by atoms with E-state index in [1.54, 1.807) is 17.5 Å². The number of nitrogens with one attached hydrogen (secondary N) is 1. The van der Waals surface area contributed by atoms with Gasteiger partial charge < -0.3 is 4.90 Å². The molecule has 0 spiro atoms. The molecule has 1 unspecified atom stereocenters. The molecule has 5 nitrogen and oxygen atoms in total. The van der Waals surface area contributed by atoms with E-state index in [1.807, 2.05) is 4.90 Å². The first-order valence-corrected chi connectivity index (χ1v) is 9.16. The van der Waals surface area contributed by atoms with Crippen molar-refractivity contribution < 1.29 is 13.2 Å². The molecule has 0 radical (unpaired) electrons. The molecule has 0 bridgehead atoms. The lowest BCUT2D eigenvalue weighted by Crippen LogP contribution is -2.40. The standard InChI is InChI=1S/C13H20N2O3S2/c1-11-4-2-8-15(10-11)12(16)6-7-14-20(17,18)13-5-3-9-19-13/h3,5,9,11,14H,2,4,6-8,10H2,1H3. The van der Waals surface area contributed by atoms with Crippen molar-refractivity contribution in [2.75, 3.05) is 19.6 Å². The van der Waals surface area contributed by atoms with Gasteiger partial charge in [-0.2, -0.15) is 0 Å². The van der Waals surface area contributed by atoms with Crippen molar-refractivity contribution in [2.45, 2.75) is 30.4 Å². The van der Waals surface area contributed by atoms with Gasteiger partial charge in [-0.05, 0) is 30.2 Å². The van der Waals surface area contributed by atoms with E-state index in [1.165, 1.54) is 11.3 Å². The van der Waals surface area contributed by atoms with E-state index in [-0.39, 0.29) is 23.1 Å². The molecule has 1 aromatic rings. The van der Waals surface area contributed by atoms with E-state index in [2.05, 4.69) is 11.6 Å². The zero-order chi connectivity index (χ0) is 14.6. The molecule has 20 heavy (non-hydrogen) atoms. The SMILES string of the molecule is CC1CCCN(C(=O)CCNS(=O)(=O)c2cccs2)C1. The van der Waals surface area contributed by atoms with Gasteiger partial charge in [0.25, 0.3) is 0 Å². The lowest BCUT2D eigenvalue weighted by molar-refractivity contribution is -0.132. The maximum atomic E-state index is 12.0. The van der Waals surface area contributed by atoms with Gasteiger partial charge in [-0.3, -0.25) is 4.79 Å². The molecule has 0 aromatic carbocycles. The quantitative estimate of drug-likeness (QED) is 0.898. The number of hydrogen-bond donors (Lipinski definition) is 1. The van der Waals surface area contributed by atoms with E-state index in [4.69, 9.17) is 0 Å². The Morgan fingerprint density at radius 2 is 2.35 bits per heavy atom. The van der Waals surface area contributed by atoms with Crippen molar-refractivity contribution in [1.29, 1.82) is 0 Å². The molecular formula is C13H20N2O3S2. The first kappa shape index (κ1) is 15.5. The lowest BCUT2D eigenvalue weighted by Gasteiger charge is -2.31. The van der Waals surface area contributed by atoms with Crippen molar-refractivity contribution in [1.82, 2.24) is 9.62 Å². The normalized spacial score (nSPS) is 20.1. The molecule has 1 aromatic heterocycles. The molecule has 1 N–H and O–H groups in total. The van der Waals surface area contributed by atoms with E-state index in [9.17, 15) is 13.2 Å². The summed E-state index contributed by atoms with van der Waals surface area (Å²) in [6.07, 6.45) is 2.42. The topological polar surface area (TPSA) is 66.5 Å². The van der Waals surface area contributed by atoms with Crippen LogP contribution in [0.5, 0.6) is 0 Å². The molecule has 0 aliphatic carbocycles. The molecule has 2 rings (SSSR count). The molecule has 112 valence electrons. The molecule has 1 aliphatic rings. The highest BCUT2D eigenvalue weighted by Gasteiger charge is 2.21. The number of likely N-dealkylation sites (tertiary alicyclic amines) is 1. The first-order chi connectivity index (χ1) is 9.49. The Morgan fingerprint density at radius 3 is 3.00 bits per heavy atom. The minimum Gasteiger partial charge on any atom is -0.342 e. The van der Waals surface area contributed by atoms with Gasteiger partial charge >= 0.3 is 0 Å². The van der Waals surface area contributed by atoms with Gasteiger partial charge in [-0.25, -0.2) is 13.1 Å². The summed E-state index contributed by atoms with van der Waals surface area (Å²) in [5.41, 5.74) is 0. The summed E-state index contributed by atoms with van der Waals surface area (Å²) in [5.74, 6) is 0.570. The second kappa shape index (κ2) is 6.69. The predicted octanol–water partition coefficient (Wildman–Crippen LogP) is 1.67. The van der Waals surface area contributed by atoms with E-state index in [0.717, 1.165) is 25.9 Å². The smallest absolute Gasteiger partial charge is 0.250 e. The number of hydrogen-bond acceptors (Lipinski definition) is 4. The monoisotopic (exact) mass is 316 g/mol. The third kappa shape index (κ3) is 4.04. The Kier molecular flexibility index (Phi) is 5.17. The van der Waals surface area contributed by atoms with Crippen molar-refractivity contribution in [3.63, 3.8) is 0 Å². The molecule has 1 atom stereocenters. The Balaban J connectivity index is 1.79. The van der Waals surface area contributed by atoms with Crippen molar-refractivity contribution >= 4 is 27.3 Å². The molecule has 1 fully saturated rings. The van der Waals surface area contributed by atoms with Crippen LogP contribution < -0.4 is 4.72 Å². The average Bonchev–Trinajstić information content (AvgIpc) is 2.93. The highest BCUT2D eigenvalue weighted by atomic mass is 32.2. The summed E-state index contributed by atoms with van der Waals surface area (Å²) in [4.78, 5) is 13.9. The number of rotatable bonds is 5. The molecule has 7 heteroatoms.